The second-order valence-corrected chi connectivity index (χ2v) is 11.3. The van der Waals surface area contributed by atoms with E-state index in [1.807, 2.05) is 11.1 Å². The van der Waals surface area contributed by atoms with Crippen molar-refractivity contribution in [3.63, 3.8) is 0 Å². The van der Waals surface area contributed by atoms with Crippen LogP contribution in [-0.4, -0.2) is 81.7 Å². The lowest BCUT2D eigenvalue weighted by molar-refractivity contribution is -0.126. The molecule has 4 heterocycles. The van der Waals surface area contributed by atoms with Crippen LogP contribution in [0.2, 0.25) is 0 Å². The van der Waals surface area contributed by atoms with Crippen molar-refractivity contribution in [1.29, 1.82) is 0 Å². The second kappa shape index (κ2) is 12.9. The summed E-state index contributed by atoms with van der Waals surface area (Å²) in [5.41, 5.74) is 7.46. The fraction of sp³-hybridized carbons (Fsp3) is 0.500. The number of benzene rings is 1. The Morgan fingerprint density at radius 2 is 2.12 bits per heavy atom. The van der Waals surface area contributed by atoms with Crippen LogP contribution in [0.5, 0.6) is 6.01 Å². The van der Waals surface area contributed by atoms with Crippen LogP contribution in [0.3, 0.4) is 0 Å². The molecule has 1 aromatic carbocycles. The summed E-state index contributed by atoms with van der Waals surface area (Å²) < 4.78 is 6.26. The number of anilines is 1. The van der Waals surface area contributed by atoms with Crippen LogP contribution in [0.4, 0.5) is 5.69 Å². The molecule has 9 nitrogen and oxygen atoms in total. The van der Waals surface area contributed by atoms with Gasteiger partial charge in [0.25, 0.3) is 0 Å². The van der Waals surface area contributed by atoms with Crippen molar-refractivity contribution >= 4 is 28.1 Å². The summed E-state index contributed by atoms with van der Waals surface area (Å²) in [6, 6.07) is 5.03. The molecule has 1 saturated heterocycles. The number of ether oxygens (including phenoxy) is 1. The van der Waals surface area contributed by atoms with Gasteiger partial charge in [-0.05, 0) is 82.3 Å². The van der Waals surface area contributed by atoms with Gasteiger partial charge in [0, 0.05) is 36.6 Å². The van der Waals surface area contributed by atoms with E-state index in [9.17, 15) is 4.79 Å². The summed E-state index contributed by atoms with van der Waals surface area (Å²) in [6.45, 7) is 16.9. The van der Waals surface area contributed by atoms with Crippen LogP contribution in [0.15, 0.2) is 37.6 Å². The topological polar surface area (TPSA) is 90.5 Å². The molecule has 1 N–H and O–H groups in total. The number of aromatic nitrogens is 4. The maximum atomic E-state index is 12.3. The Kier molecular flexibility index (Phi) is 9.03. The van der Waals surface area contributed by atoms with Gasteiger partial charge in [0.05, 0.1) is 35.3 Å². The van der Waals surface area contributed by atoms with E-state index >= 15 is 0 Å². The molecule has 0 saturated carbocycles. The molecule has 9 heteroatoms. The molecule has 1 amide bonds. The van der Waals surface area contributed by atoms with E-state index in [1.54, 1.807) is 0 Å². The quantitative estimate of drug-likeness (QED) is 0.316. The molecule has 0 unspecified atom stereocenters. The summed E-state index contributed by atoms with van der Waals surface area (Å²) in [6.07, 6.45) is 8.92. The molecule has 0 radical (unpaired) electrons. The Balaban J connectivity index is 1.39. The van der Waals surface area contributed by atoms with E-state index in [0.717, 1.165) is 85.2 Å². The number of aryl methyl sites for hydroxylation is 1. The summed E-state index contributed by atoms with van der Waals surface area (Å²) in [5, 5.41) is 8.51. The first-order valence-electron chi connectivity index (χ1n) is 14.9. The molecule has 2 aliphatic rings. The minimum Gasteiger partial charge on any atom is -0.462 e. The first kappa shape index (κ1) is 28.8. The van der Waals surface area contributed by atoms with Gasteiger partial charge in [-0.1, -0.05) is 26.1 Å². The predicted octanol–water partition coefficient (Wildman–Crippen LogP) is 4.92. The predicted molar refractivity (Wildman–Crippen MR) is 164 cm³/mol. The number of carbonyl (C=O) groups is 1. The summed E-state index contributed by atoms with van der Waals surface area (Å²) >= 11 is 0. The van der Waals surface area contributed by atoms with Gasteiger partial charge in [-0.25, -0.2) is 0 Å². The van der Waals surface area contributed by atoms with Crippen molar-refractivity contribution in [3.8, 4) is 6.01 Å². The smallest absolute Gasteiger partial charge is 0.317 e. The lowest BCUT2D eigenvalue weighted by atomic mass is 9.96. The zero-order valence-electron chi connectivity index (χ0n) is 24.8. The molecule has 1 fully saturated rings. The number of nitrogens with zero attached hydrogens (tertiary/aromatic N) is 6. The highest BCUT2D eigenvalue weighted by atomic mass is 16.5. The molecule has 2 aliphatic heterocycles. The van der Waals surface area contributed by atoms with E-state index < -0.39 is 0 Å². The Morgan fingerprint density at radius 1 is 1.27 bits per heavy atom. The molecule has 0 aliphatic carbocycles. The number of carbonyl (C=O) groups excluding carboxylic acids is 1. The number of fused-ring (bicyclic) bond motifs is 2. The van der Waals surface area contributed by atoms with E-state index in [1.165, 1.54) is 23.7 Å². The molecule has 2 aromatic heterocycles. The number of rotatable bonds is 12. The Hall–Kier alpha value is -3.72. The summed E-state index contributed by atoms with van der Waals surface area (Å²) in [5.74, 6) is -0.0209. The third-order valence-electron chi connectivity index (χ3n) is 8.46. The van der Waals surface area contributed by atoms with Gasteiger partial charge < -0.3 is 19.4 Å². The van der Waals surface area contributed by atoms with E-state index in [-0.39, 0.29) is 5.91 Å². The minimum absolute atomic E-state index is 0.0209. The van der Waals surface area contributed by atoms with Crippen LogP contribution < -0.4 is 9.64 Å². The average molecular weight is 558 g/mol. The van der Waals surface area contributed by atoms with Crippen molar-refractivity contribution < 1.29 is 9.53 Å². The SMILES string of the molecule is C=CC(=O)N(CCC)CCCC(=C)c1nc(OC[C@@H]2CCCN2C)nc2c1CCN(c1c(C)ccc3[nH]ncc13)C2. The van der Waals surface area contributed by atoms with Gasteiger partial charge in [0.2, 0.25) is 5.91 Å². The van der Waals surface area contributed by atoms with Gasteiger partial charge in [-0.3, -0.25) is 9.89 Å². The summed E-state index contributed by atoms with van der Waals surface area (Å²) in [4.78, 5) is 28.8. The van der Waals surface area contributed by atoms with E-state index in [0.29, 0.717) is 31.7 Å². The Bertz CT molecular complexity index is 1410. The lowest BCUT2D eigenvalue weighted by Crippen LogP contribution is -2.34. The first-order chi connectivity index (χ1) is 19.9. The highest BCUT2D eigenvalue weighted by Gasteiger charge is 2.27. The standard InChI is InChI=1S/C32H43N7O2/c1-6-15-38(29(40)7-2)17-8-10-22(3)30-25-14-18-39(31-23(4)12-13-27-26(31)19-33-36-27)20-28(25)34-32(35-30)41-21-24-11-9-16-37(24)5/h7,12-13,19,24H,2-3,6,8-11,14-18,20-21H2,1,4-5H3,(H,33,36)/t24-/m0/s1. The zero-order chi connectivity index (χ0) is 28.9. The van der Waals surface area contributed by atoms with Crippen LogP contribution in [-0.2, 0) is 17.8 Å². The number of allylic oxidation sites excluding steroid dienone is 1. The Labute approximate surface area is 243 Å². The third kappa shape index (κ3) is 6.30. The van der Waals surface area contributed by atoms with Crippen LogP contribution in [0, 0.1) is 6.92 Å². The van der Waals surface area contributed by atoms with Gasteiger partial charge >= 0.3 is 6.01 Å². The number of hydrogen-bond acceptors (Lipinski definition) is 7. The number of amides is 1. The first-order valence-corrected chi connectivity index (χ1v) is 14.9. The van der Waals surface area contributed by atoms with Crippen molar-refractivity contribution in [2.24, 2.45) is 0 Å². The molecule has 0 bridgehead atoms. The number of hydrogen-bond donors (Lipinski definition) is 1. The fourth-order valence-corrected chi connectivity index (χ4v) is 6.18. The van der Waals surface area contributed by atoms with Crippen molar-refractivity contribution in [2.75, 3.05) is 44.7 Å². The van der Waals surface area contributed by atoms with Crippen LogP contribution in [0.25, 0.3) is 16.5 Å². The maximum Gasteiger partial charge on any atom is 0.317 e. The van der Waals surface area contributed by atoms with Crippen molar-refractivity contribution in [2.45, 2.75) is 65.0 Å². The largest absolute Gasteiger partial charge is 0.462 e. The maximum absolute atomic E-state index is 12.3. The van der Waals surface area contributed by atoms with Gasteiger partial charge in [-0.15, -0.1) is 0 Å². The molecular formula is C32H43N7O2. The molecule has 5 rings (SSSR count). The average Bonchev–Trinajstić information content (AvgIpc) is 3.62. The molecule has 3 aromatic rings. The Morgan fingerprint density at radius 3 is 2.88 bits per heavy atom. The van der Waals surface area contributed by atoms with Gasteiger partial charge in [0.1, 0.15) is 6.61 Å². The molecule has 1 atom stereocenters. The number of nitrogens with one attached hydrogen (secondary N) is 1. The van der Waals surface area contributed by atoms with Crippen LogP contribution >= 0.6 is 0 Å². The lowest BCUT2D eigenvalue weighted by Gasteiger charge is -2.33. The van der Waals surface area contributed by atoms with Gasteiger partial charge in [0.15, 0.2) is 0 Å². The van der Waals surface area contributed by atoms with Crippen molar-refractivity contribution in [1.82, 2.24) is 30.0 Å². The molecule has 41 heavy (non-hydrogen) atoms. The molecular weight excluding hydrogens is 514 g/mol. The highest BCUT2D eigenvalue weighted by molar-refractivity contribution is 5.93. The number of aromatic amines is 1. The number of likely N-dealkylation sites (tertiary alicyclic amines) is 1. The highest BCUT2D eigenvalue weighted by Crippen LogP contribution is 2.35. The third-order valence-corrected chi connectivity index (χ3v) is 8.46. The van der Waals surface area contributed by atoms with Gasteiger partial charge in [-0.2, -0.15) is 15.1 Å². The molecule has 0 spiro atoms. The second-order valence-electron chi connectivity index (χ2n) is 11.3. The number of likely N-dealkylation sites (N-methyl/N-ethyl adjacent to an activating group) is 1. The van der Waals surface area contributed by atoms with E-state index in [4.69, 9.17) is 14.7 Å². The normalized spacial score (nSPS) is 17.0. The van der Waals surface area contributed by atoms with Crippen molar-refractivity contribution in [3.05, 3.63) is 60.1 Å². The van der Waals surface area contributed by atoms with Crippen LogP contribution in [0.1, 0.15) is 61.5 Å². The zero-order valence-corrected chi connectivity index (χ0v) is 24.8. The number of H-pyrrole nitrogens is 1. The molecule has 218 valence electrons. The fourth-order valence-electron chi connectivity index (χ4n) is 6.18. The monoisotopic (exact) mass is 557 g/mol. The minimum atomic E-state index is -0.0209. The summed E-state index contributed by atoms with van der Waals surface area (Å²) in [7, 11) is 2.15. The van der Waals surface area contributed by atoms with E-state index in [2.05, 4.69) is 66.2 Å².